The fourth-order valence-electron chi connectivity index (χ4n) is 5.20. The summed E-state index contributed by atoms with van der Waals surface area (Å²) in [5, 5.41) is 13.7. The van der Waals surface area contributed by atoms with E-state index in [9.17, 15) is 19.5 Å². The Bertz CT molecular complexity index is 1850. The number of hydrogen-bond donors (Lipinski definition) is 2. The fraction of sp³-hybridized carbons (Fsp3) is 0.200. The molecular formula is C35H33ClN4O5. The molecule has 1 heterocycles. The summed E-state index contributed by atoms with van der Waals surface area (Å²) in [6, 6.07) is 28.7. The van der Waals surface area contributed by atoms with Gasteiger partial charge in [-0.05, 0) is 52.9 Å². The molecule has 230 valence electrons. The van der Waals surface area contributed by atoms with Crippen LogP contribution in [-0.2, 0) is 30.8 Å². The summed E-state index contributed by atoms with van der Waals surface area (Å²) in [4.78, 5) is 46.5. The van der Waals surface area contributed by atoms with Gasteiger partial charge in [-0.15, -0.1) is 0 Å². The normalized spacial score (nSPS) is 11.6. The Morgan fingerprint density at radius 1 is 0.867 bits per heavy atom. The number of anilines is 1. The van der Waals surface area contributed by atoms with E-state index in [0.29, 0.717) is 34.6 Å². The first-order chi connectivity index (χ1) is 21.7. The van der Waals surface area contributed by atoms with Crippen LogP contribution < -0.4 is 10.9 Å². The number of nitrogens with zero attached hydrogens (tertiary/aromatic N) is 3. The Kier molecular flexibility index (Phi) is 9.79. The van der Waals surface area contributed by atoms with Crippen LogP contribution in [0.4, 0.5) is 10.8 Å². The summed E-state index contributed by atoms with van der Waals surface area (Å²) in [6.45, 7) is 2.42. The summed E-state index contributed by atoms with van der Waals surface area (Å²) in [6.07, 6.45) is -0.778. The van der Waals surface area contributed by atoms with E-state index in [1.54, 1.807) is 43.1 Å². The van der Waals surface area contributed by atoms with Gasteiger partial charge in [0.15, 0.2) is 0 Å². The fourth-order valence-corrected chi connectivity index (χ4v) is 5.33. The summed E-state index contributed by atoms with van der Waals surface area (Å²) in [5.74, 6) is -0.211. The number of halogens is 1. The number of rotatable bonds is 11. The molecule has 5 rings (SSSR count). The highest BCUT2D eigenvalue weighted by Crippen LogP contribution is 2.23. The minimum atomic E-state index is -1.07. The average molecular weight is 625 g/mol. The number of aryl methyl sites for hydroxylation is 1. The molecule has 5 aromatic rings. The molecule has 4 aromatic carbocycles. The number of benzene rings is 4. The van der Waals surface area contributed by atoms with E-state index < -0.39 is 17.8 Å². The Hall–Kier alpha value is -5.15. The molecule has 0 fully saturated rings. The van der Waals surface area contributed by atoms with E-state index in [4.69, 9.17) is 16.0 Å². The first-order valence-electron chi connectivity index (χ1n) is 14.4. The van der Waals surface area contributed by atoms with Gasteiger partial charge in [-0.25, -0.2) is 9.59 Å². The van der Waals surface area contributed by atoms with E-state index in [1.165, 1.54) is 4.90 Å². The molecule has 10 heteroatoms. The number of carbonyl (C=O) groups excluding carboxylic acids is 1. The highest BCUT2D eigenvalue weighted by Gasteiger charge is 2.25. The second-order valence-electron chi connectivity index (χ2n) is 10.9. The summed E-state index contributed by atoms with van der Waals surface area (Å²) in [5.41, 5.74) is 3.67. The Balaban J connectivity index is 1.41. The molecule has 0 radical (unpaired) electrons. The van der Waals surface area contributed by atoms with Crippen molar-refractivity contribution in [2.45, 2.75) is 39.0 Å². The lowest BCUT2D eigenvalue weighted by Crippen LogP contribution is -2.42. The maximum Gasteiger partial charge on any atom is 0.407 e. The van der Waals surface area contributed by atoms with Gasteiger partial charge in [-0.1, -0.05) is 90.5 Å². The summed E-state index contributed by atoms with van der Waals surface area (Å²) < 4.78 is 5.61. The van der Waals surface area contributed by atoms with Crippen molar-refractivity contribution in [1.82, 2.24) is 14.8 Å². The highest BCUT2D eigenvalue weighted by atomic mass is 35.5. The van der Waals surface area contributed by atoms with Crippen molar-refractivity contribution in [3.63, 3.8) is 0 Å². The maximum atomic E-state index is 13.7. The molecule has 2 N–H and O–H groups in total. The first-order valence-corrected chi connectivity index (χ1v) is 14.8. The van der Waals surface area contributed by atoms with Gasteiger partial charge in [0.25, 0.3) is 6.01 Å². The van der Waals surface area contributed by atoms with Crippen LogP contribution in [0.3, 0.4) is 0 Å². The van der Waals surface area contributed by atoms with Crippen LogP contribution in [0.15, 0.2) is 106 Å². The summed E-state index contributed by atoms with van der Waals surface area (Å²) in [7, 11) is 1.72. The van der Waals surface area contributed by atoms with E-state index in [1.807, 2.05) is 72.8 Å². The number of nitrogens with one attached hydrogen (secondary N) is 1. The van der Waals surface area contributed by atoms with Gasteiger partial charge in [0.2, 0.25) is 5.91 Å². The topological polar surface area (TPSA) is 116 Å². The molecule has 2 amide bonds. The molecule has 1 atom stereocenters. The SMILES string of the molecule is Cc1c(CN(Cc2ccccc2)C(=O)O)ccc2nc(N[C@@H](Cc3ccc(Cl)cc3)C(=O)N(C)Cc3ccccc3)oc(=O)c12. The van der Waals surface area contributed by atoms with Crippen molar-refractivity contribution >= 4 is 40.5 Å². The lowest BCUT2D eigenvalue weighted by atomic mass is 10.0. The number of fused-ring (bicyclic) bond motifs is 1. The van der Waals surface area contributed by atoms with E-state index in [-0.39, 0.29) is 30.4 Å². The van der Waals surface area contributed by atoms with Crippen molar-refractivity contribution < 1.29 is 19.1 Å². The number of hydrogen-bond acceptors (Lipinski definition) is 6. The standard InChI is InChI=1S/C35H33ClN4O5/c1-23-27(22-40(35(43)44)21-26-11-7-4-8-12-26)15-18-29-31(23)33(42)45-34(37-29)38-30(19-24-13-16-28(36)17-14-24)32(41)39(2)20-25-9-5-3-6-10-25/h3-18,30H,19-22H2,1-2H3,(H,37,38)(H,43,44)/t30-/m0/s1. The smallest absolute Gasteiger partial charge is 0.407 e. The Morgan fingerprint density at radius 2 is 1.49 bits per heavy atom. The largest absolute Gasteiger partial charge is 0.465 e. The summed E-state index contributed by atoms with van der Waals surface area (Å²) >= 11 is 6.08. The maximum absolute atomic E-state index is 13.7. The third kappa shape index (κ3) is 7.87. The zero-order chi connectivity index (χ0) is 31.9. The molecule has 9 nitrogen and oxygen atoms in total. The van der Waals surface area contributed by atoms with Crippen LogP contribution in [0.1, 0.15) is 27.8 Å². The van der Waals surface area contributed by atoms with Crippen molar-refractivity contribution in [1.29, 1.82) is 0 Å². The van der Waals surface area contributed by atoms with Gasteiger partial charge in [-0.2, -0.15) is 4.98 Å². The third-order valence-electron chi connectivity index (χ3n) is 7.61. The molecule has 45 heavy (non-hydrogen) atoms. The van der Waals surface area contributed by atoms with Crippen LogP contribution in [0.2, 0.25) is 5.02 Å². The minimum Gasteiger partial charge on any atom is -0.465 e. The van der Waals surface area contributed by atoms with Gasteiger partial charge in [0.1, 0.15) is 6.04 Å². The Labute approximate surface area is 265 Å². The van der Waals surface area contributed by atoms with Gasteiger partial charge < -0.3 is 19.7 Å². The van der Waals surface area contributed by atoms with E-state index >= 15 is 0 Å². The van der Waals surface area contributed by atoms with Crippen molar-refractivity contribution in [3.05, 3.63) is 140 Å². The second kappa shape index (κ2) is 14.1. The van der Waals surface area contributed by atoms with Crippen molar-refractivity contribution in [3.8, 4) is 0 Å². The lowest BCUT2D eigenvalue weighted by molar-refractivity contribution is -0.131. The molecule has 0 bridgehead atoms. The second-order valence-corrected chi connectivity index (χ2v) is 11.3. The molecule has 0 unspecified atom stereocenters. The van der Waals surface area contributed by atoms with Crippen LogP contribution in [0, 0.1) is 6.92 Å². The molecule has 0 aliphatic heterocycles. The van der Waals surface area contributed by atoms with Gasteiger partial charge >= 0.3 is 11.7 Å². The number of aromatic nitrogens is 1. The molecule has 1 aromatic heterocycles. The minimum absolute atomic E-state index is 0.0802. The predicted octanol–water partition coefficient (Wildman–Crippen LogP) is 6.51. The monoisotopic (exact) mass is 624 g/mol. The third-order valence-corrected chi connectivity index (χ3v) is 7.86. The molecule has 0 saturated heterocycles. The van der Waals surface area contributed by atoms with E-state index in [2.05, 4.69) is 10.3 Å². The molecule has 0 aliphatic carbocycles. The van der Waals surface area contributed by atoms with Crippen LogP contribution in [0.5, 0.6) is 0 Å². The number of likely N-dealkylation sites (N-methyl/N-ethyl adjacent to an activating group) is 1. The van der Waals surface area contributed by atoms with Crippen molar-refractivity contribution in [2.24, 2.45) is 0 Å². The zero-order valence-corrected chi connectivity index (χ0v) is 25.7. The molecule has 0 aliphatic rings. The van der Waals surface area contributed by atoms with E-state index in [0.717, 1.165) is 16.7 Å². The van der Waals surface area contributed by atoms with Gasteiger partial charge in [0, 0.05) is 38.1 Å². The van der Waals surface area contributed by atoms with Gasteiger partial charge in [-0.3, -0.25) is 9.69 Å². The zero-order valence-electron chi connectivity index (χ0n) is 24.9. The highest BCUT2D eigenvalue weighted by molar-refractivity contribution is 6.30. The first kappa shape index (κ1) is 31.3. The molecule has 0 saturated carbocycles. The van der Waals surface area contributed by atoms with Crippen LogP contribution >= 0.6 is 11.6 Å². The predicted molar refractivity (Wildman–Crippen MR) is 174 cm³/mol. The lowest BCUT2D eigenvalue weighted by Gasteiger charge is -2.25. The Morgan fingerprint density at radius 3 is 2.11 bits per heavy atom. The number of carboxylic acid groups (broad SMARTS) is 1. The number of amides is 2. The van der Waals surface area contributed by atoms with Crippen LogP contribution in [-0.4, -0.2) is 45.0 Å². The average Bonchev–Trinajstić information content (AvgIpc) is 3.03. The van der Waals surface area contributed by atoms with Crippen LogP contribution in [0.25, 0.3) is 10.9 Å². The van der Waals surface area contributed by atoms with Crippen molar-refractivity contribution in [2.75, 3.05) is 12.4 Å². The molecular weight excluding hydrogens is 592 g/mol. The van der Waals surface area contributed by atoms with Gasteiger partial charge in [0.05, 0.1) is 10.9 Å². The molecule has 0 spiro atoms. The number of carbonyl (C=O) groups is 2. The quantitative estimate of drug-likeness (QED) is 0.172.